The van der Waals surface area contributed by atoms with Gasteiger partial charge < -0.3 is 20.6 Å². The fourth-order valence-electron chi connectivity index (χ4n) is 2.74. The molecule has 1 aromatic rings. The number of amides is 1. The number of nitrogens with two attached hydrogens (primary N) is 1. The molecular weight excluding hydrogens is 254 g/mol. The van der Waals surface area contributed by atoms with E-state index in [9.17, 15) is 9.90 Å². The predicted octanol–water partition coefficient (Wildman–Crippen LogP) is 0.210. The number of likely N-dealkylation sites (tertiary alicyclic amines) is 1. The lowest BCUT2D eigenvalue weighted by atomic mass is 10.1. The average Bonchev–Trinajstić information content (AvgIpc) is 2.78. The molecule has 3 atom stereocenters. The molecule has 20 heavy (non-hydrogen) atoms. The molecule has 0 aliphatic carbocycles. The normalized spacial score (nSPS) is 24.1. The minimum Gasteiger partial charge on any atom is -0.391 e. The van der Waals surface area contributed by atoms with Crippen LogP contribution in [0.2, 0.25) is 0 Å². The Morgan fingerprint density at radius 2 is 2.10 bits per heavy atom. The monoisotopic (exact) mass is 277 g/mol. The van der Waals surface area contributed by atoms with E-state index in [1.807, 2.05) is 49.3 Å². The van der Waals surface area contributed by atoms with E-state index in [0.29, 0.717) is 13.0 Å². The van der Waals surface area contributed by atoms with Gasteiger partial charge in [-0.05, 0) is 26.1 Å². The number of carbonyl (C=O) groups is 1. The summed E-state index contributed by atoms with van der Waals surface area (Å²) in [5, 5.41) is 9.83. The number of nitrogens with zero attached hydrogens (tertiary/aromatic N) is 2. The number of rotatable bonds is 4. The number of β-amino-alcohol motifs (C(OH)–C–C–N with tert-alkyl or cyclic N) is 1. The molecule has 1 saturated heterocycles. The maximum absolute atomic E-state index is 12.6. The van der Waals surface area contributed by atoms with Gasteiger partial charge in [0.15, 0.2) is 0 Å². The standard InChI is InChI=1S/C15H23N3O2/c1-17(2)9-12-8-13(19)10-18(12)15(20)14(16)11-6-4-3-5-7-11/h3-7,12-14,19H,8-10,16H2,1-2H3/t12?,13?,14-/m0/s1. The van der Waals surface area contributed by atoms with Gasteiger partial charge in [0, 0.05) is 19.1 Å². The van der Waals surface area contributed by atoms with Crippen molar-refractivity contribution in [3.63, 3.8) is 0 Å². The Hall–Kier alpha value is -1.43. The van der Waals surface area contributed by atoms with E-state index in [1.54, 1.807) is 4.90 Å². The molecule has 5 nitrogen and oxygen atoms in total. The molecule has 0 radical (unpaired) electrons. The minimum absolute atomic E-state index is 0.0299. The van der Waals surface area contributed by atoms with Crippen molar-refractivity contribution in [2.24, 2.45) is 5.73 Å². The molecule has 3 N–H and O–H groups in total. The zero-order valence-corrected chi connectivity index (χ0v) is 12.1. The number of aliphatic hydroxyl groups is 1. The number of likely N-dealkylation sites (N-methyl/N-ethyl adjacent to an activating group) is 1. The highest BCUT2D eigenvalue weighted by Crippen LogP contribution is 2.23. The van der Waals surface area contributed by atoms with Crippen molar-refractivity contribution < 1.29 is 9.90 Å². The second-order valence-electron chi connectivity index (χ2n) is 5.68. The van der Waals surface area contributed by atoms with Gasteiger partial charge in [-0.3, -0.25) is 4.79 Å². The number of hydrogen-bond donors (Lipinski definition) is 2. The lowest BCUT2D eigenvalue weighted by molar-refractivity contribution is -0.134. The summed E-state index contributed by atoms with van der Waals surface area (Å²) in [7, 11) is 3.93. The molecule has 1 aromatic carbocycles. The Kier molecular flexibility index (Phi) is 4.75. The van der Waals surface area contributed by atoms with Gasteiger partial charge in [-0.15, -0.1) is 0 Å². The fraction of sp³-hybridized carbons (Fsp3) is 0.533. The van der Waals surface area contributed by atoms with Crippen LogP contribution >= 0.6 is 0 Å². The van der Waals surface area contributed by atoms with Crippen LogP contribution in [0.4, 0.5) is 0 Å². The molecule has 1 aliphatic rings. The van der Waals surface area contributed by atoms with Gasteiger partial charge >= 0.3 is 0 Å². The number of benzene rings is 1. The lowest BCUT2D eigenvalue weighted by Crippen LogP contribution is -2.45. The molecule has 1 amide bonds. The molecule has 110 valence electrons. The highest BCUT2D eigenvalue weighted by atomic mass is 16.3. The molecule has 1 fully saturated rings. The molecule has 1 aliphatic heterocycles. The van der Waals surface area contributed by atoms with Crippen molar-refractivity contribution in [3.05, 3.63) is 35.9 Å². The van der Waals surface area contributed by atoms with Gasteiger partial charge in [-0.1, -0.05) is 30.3 Å². The maximum atomic E-state index is 12.6. The fourth-order valence-corrected chi connectivity index (χ4v) is 2.74. The summed E-state index contributed by atoms with van der Waals surface area (Å²) in [5.74, 6) is -0.111. The number of carbonyl (C=O) groups excluding carboxylic acids is 1. The smallest absolute Gasteiger partial charge is 0.244 e. The third-order valence-electron chi connectivity index (χ3n) is 3.68. The number of aliphatic hydroxyl groups excluding tert-OH is 1. The molecule has 2 unspecified atom stereocenters. The van der Waals surface area contributed by atoms with Crippen molar-refractivity contribution in [2.45, 2.75) is 24.6 Å². The average molecular weight is 277 g/mol. The molecule has 5 heteroatoms. The number of hydrogen-bond acceptors (Lipinski definition) is 4. The summed E-state index contributed by atoms with van der Waals surface area (Å²) in [5.41, 5.74) is 6.88. The molecular formula is C15H23N3O2. The van der Waals surface area contributed by atoms with Crippen LogP contribution in [0.25, 0.3) is 0 Å². The Bertz CT molecular complexity index is 450. The lowest BCUT2D eigenvalue weighted by Gasteiger charge is -2.29. The van der Waals surface area contributed by atoms with E-state index in [1.165, 1.54) is 0 Å². The molecule has 2 rings (SSSR count). The van der Waals surface area contributed by atoms with E-state index < -0.39 is 12.1 Å². The molecule has 0 aromatic heterocycles. The summed E-state index contributed by atoms with van der Waals surface area (Å²) in [6, 6.07) is 8.73. The van der Waals surface area contributed by atoms with Gasteiger partial charge in [-0.2, -0.15) is 0 Å². The quantitative estimate of drug-likeness (QED) is 0.825. The summed E-state index contributed by atoms with van der Waals surface area (Å²) >= 11 is 0. The van der Waals surface area contributed by atoms with Crippen LogP contribution < -0.4 is 5.73 Å². The molecule has 1 heterocycles. The zero-order valence-electron chi connectivity index (χ0n) is 12.1. The highest BCUT2D eigenvalue weighted by molar-refractivity contribution is 5.83. The van der Waals surface area contributed by atoms with Gasteiger partial charge in [-0.25, -0.2) is 0 Å². The Labute approximate surface area is 120 Å². The van der Waals surface area contributed by atoms with Crippen LogP contribution in [0.1, 0.15) is 18.0 Å². The first-order valence-corrected chi connectivity index (χ1v) is 6.93. The third kappa shape index (κ3) is 3.36. The van der Waals surface area contributed by atoms with Crippen molar-refractivity contribution >= 4 is 5.91 Å². The SMILES string of the molecule is CN(C)CC1CC(O)CN1C(=O)[C@@H](N)c1ccccc1. The van der Waals surface area contributed by atoms with Crippen LogP contribution in [-0.4, -0.2) is 60.1 Å². The second-order valence-corrected chi connectivity index (χ2v) is 5.68. The molecule has 0 bridgehead atoms. The van der Waals surface area contributed by atoms with Crippen molar-refractivity contribution in [1.29, 1.82) is 0 Å². The molecule has 0 spiro atoms. The highest BCUT2D eigenvalue weighted by Gasteiger charge is 2.36. The summed E-state index contributed by atoms with van der Waals surface area (Å²) in [4.78, 5) is 16.3. The van der Waals surface area contributed by atoms with Crippen molar-refractivity contribution in [3.8, 4) is 0 Å². The molecule has 0 saturated carbocycles. The van der Waals surface area contributed by atoms with Gasteiger partial charge in [0.2, 0.25) is 5.91 Å². The largest absolute Gasteiger partial charge is 0.391 e. The van der Waals surface area contributed by atoms with E-state index in [0.717, 1.165) is 12.1 Å². The minimum atomic E-state index is -0.661. The maximum Gasteiger partial charge on any atom is 0.244 e. The first-order valence-electron chi connectivity index (χ1n) is 6.93. The second kappa shape index (κ2) is 6.35. The topological polar surface area (TPSA) is 69.8 Å². The van der Waals surface area contributed by atoms with Crippen LogP contribution in [0.5, 0.6) is 0 Å². The summed E-state index contributed by atoms with van der Waals surface area (Å²) < 4.78 is 0. The summed E-state index contributed by atoms with van der Waals surface area (Å²) in [6.45, 7) is 1.11. The Morgan fingerprint density at radius 1 is 1.45 bits per heavy atom. The van der Waals surface area contributed by atoms with Crippen LogP contribution in [-0.2, 0) is 4.79 Å². The van der Waals surface area contributed by atoms with Crippen LogP contribution in [0.3, 0.4) is 0 Å². The first kappa shape index (κ1) is 15.0. The zero-order chi connectivity index (χ0) is 14.7. The predicted molar refractivity (Wildman–Crippen MR) is 78.0 cm³/mol. The first-order chi connectivity index (χ1) is 9.49. The van der Waals surface area contributed by atoms with Gasteiger partial charge in [0.1, 0.15) is 6.04 Å². The van der Waals surface area contributed by atoms with E-state index in [-0.39, 0.29) is 11.9 Å². The van der Waals surface area contributed by atoms with Crippen LogP contribution in [0.15, 0.2) is 30.3 Å². The summed E-state index contributed by atoms with van der Waals surface area (Å²) in [6.07, 6.45) is 0.165. The van der Waals surface area contributed by atoms with Gasteiger partial charge in [0.05, 0.1) is 6.10 Å². The third-order valence-corrected chi connectivity index (χ3v) is 3.68. The van der Waals surface area contributed by atoms with E-state index in [4.69, 9.17) is 5.73 Å². The van der Waals surface area contributed by atoms with Crippen LogP contribution in [0, 0.1) is 0 Å². The Balaban J connectivity index is 2.10. The van der Waals surface area contributed by atoms with Gasteiger partial charge in [0.25, 0.3) is 0 Å². The Morgan fingerprint density at radius 3 is 2.70 bits per heavy atom. The van der Waals surface area contributed by atoms with Crippen molar-refractivity contribution in [2.75, 3.05) is 27.2 Å². The van der Waals surface area contributed by atoms with Crippen molar-refractivity contribution in [1.82, 2.24) is 9.80 Å². The van der Waals surface area contributed by atoms with E-state index >= 15 is 0 Å². The van der Waals surface area contributed by atoms with E-state index in [2.05, 4.69) is 0 Å².